The van der Waals surface area contributed by atoms with E-state index in [0.717, 1.165) is 51.6 Å². The fourth-order valence-corrected chi connectivity index (χ4v) is 4.60. The molecule has 0 spiro atoms. The van der Waals surface area contributed by atoms with Gasteiger partial charge in [-0.1, -0.05) is 17.7 Å². The second kappa shape index (κ2) is 9.24. The van der Waals surface area contributed by atoms with Crippen LogP contribution in [0.4, 0.5) is 14.5 Å². The molecule has 2 aliphatic heterocycles. The number of rotatable bonds is 7. The Morgan fingerprint density at radius 1 is 1.19 bits per heavy atom. The van der Waals surface area contributed by atoms with Gasteiger partial charge in [0, 0.05) is 56.3 Å². The highest BCUT2D eigenvalue weighted by molar-refractivity contribution is 6.30. The van der Waals surface area contributed by atoms with Crippen molar-refractivity contribution in [2.75, 3.05) is 31.1 Å². The van der Waals surface area contributed by atoms with Crippen molar-refractivity contribution in [1.82, 2.24) is 10.2 Å². The Balaban J connectivity index is 1.26. The summed E-state index contributed by atoms with van der Waals surface area (Å²) >= 11 is 6.21. The molecule has 2 heterocycles. The molecule has 1 aromatic carbocycles. The van der Waals surface area contributed by atoms with Gasteiger partial charge in [-0.15, -0.1) is 0 Å². The van der Waals surface area contributed by atoms with Gasteiger partial charge in [-0.2, -0.15) is 8.78 Å². The molecule has 0 fully saturated rings. The minimum atomic E-state index is -3.19. The molecule has 0 aromatic heterocycles. The summed E-state index contributed by atoms with van der Waals surface area (Å²) < 4.78 is 30.6. The van der Waals surface area contributed by atoms with Crippen molar-refractivity contribution >= 4 is 23.2 Å². The second-order valence-electron chi connectivity index (χ2n) is 8.73. The molecule has 8 heteroatoms. The number of nitrogens with zero attached hydrogens (tertiary/aromatic N) is 2. The summed E-state index contributed by atoms with van der Waals surface area (Å²) in [6.45, 7) is 6.10. The first kappa shape index (κ1) is 22.8. The van der Waals surface area contributed by atoms with Gasteiger partial charge in [-0.3, -0.25) is 9.69 Å². The lowest BCUT2D eigenvalue weighted by molar-refractivity contribution is -0.158. The average Bonchev–Trinajstić information content (AvgIpc) is 3.28. The van der Waals surface area contributed by atoms with Gasteiger partial charge in [-0.25, -0.2) is 0 Å². The third-order valence-electron chi connectivity index (χ3n) is 6.04. The quantitative estimate of drug-likeness (QED) is 0.590. The molecule has 172 valence electrons. The van der Waals surface area contributed by atoms with E-state index in [-0.39, 0.29) is 17.7 Å². The van der Waals surface area contributed by atoms with Crippen LogP contribution in [0.15, 0.2) is 58.3 Å². The zero-order valence-electron chi connectivity index (χ0n) is 18.3. The summed E-state index contributed by atoms with van der Waals surface area (Å²) in [6.07, 6.45) is 2.79. The molecule has 1 atom stereocenters. The van der Waals surface area contributed by atoms with Gasteiger partial charge in [0.2, 0.25) is 5.91 Å². The van der Waals surface area contributed by atoms with Gasteiger partial charge in [0.05, 0.1) is 5.70 Å². The molecule has 1 N–H and O–H groups in total. The van der Waals surface area contributed by atoms with Gasteiger partial charge in [-0.05, 0) is 61.3 Å². The molecule has 5 nitrogen and oxygen atoms in total. The van der Waals surface area contributed by atoms with Crippen LogP contribution in [0.3, 0.4) is 0 Å². The molecule has 0 saturated carbocycles. The first-order chi connectivity index (χ1) is 15.2. The topological polar surface area (TPSA) is 44.8 Å². The van der Waals surface area contributed by atoms with Crippen molar-refractivity contribution in [3.8, 4) is 5.75 Å². The van der Waals surface area contributed by atoms with Crippen molar-refractivity contribution < 1.29 is 18.3 Å². The van der Waals surface area contributed by atoms with Crippen LogP contribution in [0, 0.1) is 0 Å². The van der Waals surface area contributed by atoms with Crippen molar-refractivity contribution in [2.45, 2.75) is 45.3 Å². The van der Waals surface area contributed by atoms with Gasteiger partial charge in [0.1, 0.15) is 5.75 Å². The van der Waals surface area contributed by atoms with Crippen molar-refractivity contribution in [3.63, 3.8) is 0 Å². The van der Waals surface area contributed by atoms with Crippen LogP contribution in [-0.2, 0) is 4.79 Å². The predicted octanol–water partition coefficient (Wildman–Crippen LogP) is 4.81. The molecular formula is C24H28ClF2N3O2. The third kappa shape index (κ3) is 5.51. The zero-order chi connectivity index (χ0) is 22.9. The maximum Gasteiger partial charge on any atom is 0.394 e. The molecule has 3 aliphatic rings. The van der Waals surface area contributed by atoms with E-state index in [1.807, 2.05) is 24.3 Å². The van der Waals surface area contributed by atoms with E-state index >= 15 is 0 Å². The van der Waals surface area contributed by atoms with E-state index in [4.69, 9.17) is 11.6 Å². The van der Waals surface area contributed by atoms with Crippen molar-refractivity contribution in [2.24, 2.45) is 0 Å². The Kier molecular flexibility index (Phi) is 6.58. The minimum Gasteiger partial charge on any atom is -0.433 e. The lowest BCUT2D eigenvalue weighted by atomic mass is 10.1. The third-order valence-corrected chi connectivity index (χ3v) is 6.43. The Morgan fingerprint density at radius 3 is 2.44 bits per heavy atom. The molecule has 1 unspecified atom stereocenters. The van der Waals surface area contributed by atoms with E-state index in [2.05, 4.69) is 26.8 Å². The Labute approximate surface area is 192 Å². The number of amides is 1. The number of carbonyl (C=O) groups excluding carboxylic acids is 1. The van der Waals surface area contributed by atoms with Gasteiger partial charge in [0.25, 0.3) is 0 Å². The molecule has 32 heavy (non-hydrogen) atoms. The molecular weight excluding hydrogens is 436 g/mol. The molecule has 1 aliphatic carbocycles. The highest BCUT2D eigenvalue weighted by Crippen LogP contribution is 2.32. The van der Waals surface area contributed by atoms with Gasteiger partial charge >= 0.3 is 6.11 Å². The Morgan fingerprint density at radius 2 is 1.84 bits per heavy atom. The van der Waals surface area contributed by atoms with E-state index in [0.29, 0.717) is 17.2 Å². The number of alkyl halides is 2. The number of ether oxygens (including phenoxy) is 1. The van der Waals surface area contributed by atoms with Gasteiger partial charge in [0.15, 0.2) is 0 Å². The standard InChI is InChI=1S/C24H28ClF2N3O2/c1-16(11-23(31)28-22-6-4-3-5-21(22)25)29-12-17-14-30(15-18(17)13-29)19-7-9-20(10-8-19)32-24(2,26)27/h4,6-10,16H,3,5,11-15H2,1-2H3,(H,28,31). The molecule has 4 rings (SSSR count). The number of anilines is 1. The van der Waals surface area contributed by atoms with Crippen LogP contribution in [0.25, 0.3) is 0 Å². The molecule has 0 bridgehead atoms. The lowest BCUT2D eigenvalue weighted by Gasteiger charge is -2.28. The van der Waals surface area contributed by atoms with Crippen molar-refractivity contribution in [3.05, 3.63) is 58.3 Å². The van der Waals surface area contributed by atoms with Crippen LogP contribution >= 0.6 is 11.6 Å². The van der Waals surface area contributed by atoms with Crippen LogP contribution < -0.4 is 15.0 Å². The van der Waals surface area contributed by atoms with E-state index in [1.165, 1.54) is 11.1 Å². The summed E-state index contributed by atoms with van der Waals surface area (Å²) in [5.41, 5.74) is 4.44. The normalized spacial score (nSPS) is 20.1. The zero-order valence-corrected chi connectivity index (χ0v) is 19.1. The Bertz CT molecular complexity index is 948. The van der Waals surface area contributed by atoms with Crippen LogP contribution in [-0.4, -0.2) is 49.1 Å². The van der Waals surface area contributed by atoms with Crippen LogP contribution in [0.2, 0.25) is 0 Å². The van der Waals surface area contributed by atoms with E-state index in [9.17, 15) is 13.6 Å². The molecule has 1 aromatic rings. The monoisotopic (exact) mass is 463 g/mol. The highest BCUT2D eigenvalue weighted by Gasteiger charge is 2.33. The number of benzene rings is 1. The van der Waals surface area contributed by atoms with Crippen molar-refractivity contribution in [1.29, 1.82) is 0 Å². The fourth-order valence-electron chi connectivity index (χ4n) is 4.38. The summed E-state index contributed by atoms with van der Waals surface area (Å²) in [5.74, 6) is 0.130. The second-order valence-corrected chi connectivity index (χ2v) is 9.19. The summed E-state index contributed by atoms with van der Waals surface area (Å²) in [4.78, 5) is 17.0. The smallest absolute Gasteiger partial charge is 0.394 e. The molecule has 0 saturated heterocycles. The van der Waals surface area contributed by atoms with E-state index in [1.54, 1.807) is 12.1 Å². The largest absolute Gasteiger partial charge is 0.433 e. The average molecular weight is 464 g/mol. The van der Waals surface area contributed by atoms with Crippen LogP contribution in [0.1, 0.15) is 33.1 Å². The predicted molar refractivity (Wildman–Crippen MR) is 122 cm³/mol. The number of hydrogen-bond donors (Lipinski definition) is 1. The first-order valence-corrected chi connectivity index (χ1v) is 11.3. The first-order valence-electron chi connectivity index (χ1n) is 10.9. The maximum atomic E-state index is 13.0. The lowest BCUT2D eigenvalue weighted by Crippen LogP contribution is -2.38. The summed E-state index contributed by atoms with van der Waals surface area (Å²) in [5, 5.41) is 3.64. The number of hydrogen-bond acceptors (Lipinski definition) is 4. The number of carbonyl (C=O) groups is 1. The van der Waals surface area contributed by atoms with E-state index < -0.39 is 6.11 Å². The molecule has 0 radical (unpaired) electrons. The summed E-state index contributed by atoms with van der Waals surface area (Å²) in [6, 6.07) is 6.90. The minimum absolute atomic E-state index is 0.0224. The van der Waals surface area contributed by atoms with Crippen LogP contribution in [0.5, 0.6) is 5.75 Å². The molecule has 1 amide bonds. The van der Waals surface area contributed by atoms with Gasteiger partial charge < -0.3 is 15.0 Å². The highest BCUT2D eigenvalue weighted by atomic mass is 35.5. The Hall–Kier alpha value is -2.38. The fraction of sp³-hybridized carbons (Fsp3) is 0.458. The maximum absolute atomic E-state index is 13.0. The number of nitrogens with one attached hydrogen (secondary N) is 1. The number of halogens is 3. The number of allylic oxidation sites excluding steroid dienone is 3. The summed E-state index contributed by atoms with van der Waals surface area (Å²) in [7, 11) is 0. The SMILES string of the molecule is CC(CC(=O)NC1=C(Cl)CCC=C1)N1CC2=C(CN(c3ccc(OC(C)(F)F)cc3)C2)C1.